The van der Waals surface area contributed by atoms with Gasteiger partial charge in [0.15, 0.2) is 0 Å². The van der Waals surface area contributed by atoms with Crippen molar-refractivity contribution >= 4 is 11.8 Å². The average Bonchev–Trinajstić information content (AvgIpc) is 2.44. The zero-order chi connectivity index (χ0) is 14.8. The molecule has 2 N–H and O–H groups in total. The number of nitrogens with one attached hydrogen (secondary N) is 1. The third-order valence-corrected chi connectivity index (χ3v) is 2.55. The van der Waals surface area contributed by atoms with Crippen LogP contribution in [-0.4, -0.2) is 36.1 Å². The minimum absolute atomic E-state index is 0.191. The van der Waals surface area contributed by atoms with E-state index in [0.717, 1.165) is 11.3 Å². The first-order valence-electron chi connectivity index (χ1n) is 6.89. The van der Waals surface area contributed by atoms with Crippen LogP contribution in [0.4, 0.5) is 0 Å². The van der Waals surface area contributed by atoms with Gasteiger partial charge in [-0.2, -0.15) is 0 Å². The molecule has 20 heavy (non-hydrogen) atoms. The highest BCUT2D eigenvalue weighted by molar-refractivity contribution is 5.95. The summed E-state index contributed by atoms with van der Waals surface area (Å²) in [6.07, 6.45) is 3.31. The van der Waals surface area contributed by atoms with Gasteiger partial charge in [-0.25, -0.2) is 0 Å². The van der Waals surface area contributed by atoms with E-state index >= 15 is 0 Å². The maximum absolute atomic E-state index is 9.64. The molecule has 4 nitrogen and oxygen atoms in total. The van der Waals surface area contributed by atoms with E-state index in [9.17, 15) is 5.11 Å². The number of hydrogen-bond acceptors (Lipinski definition) is 4. The molecule has 0 spiro atoms. The van der Waals surface area contributed by atoms with Gasteiger partial charge >= 0.3 is 0 Å². The molecule has 0 amide bonds. The Balaban J connectivity index is 2.29. The van der Waals surface area contributed by atoms with Crippen LogP contribution >= 0.6 is 0 Å². The van der Waals surface area contributed by atoms with Crippen molar-refractivity contribution < 1.29 is 9.94 Å². The van der Waals surface area contributed by atoms with E-state index in [1.165, 1.54) is 0 Å². The zero-order valence-corrected chi connectivity index (χ0v) is 12.4. The summed E-state index contributed by atoms with van der Waals surface area (Å²) in [6, 6.07) is 10.3. The monoisotopic (exact) mass is 276 g/mol. The topological polar surface area (TPSA) is 53.9 Å². The Morgan fingerprint density at radius 1 is 1.35 bits per heavy atom. The molecule has 0 heterocycles. The van der Waals surface area contributed by atoms with E-state index in [0.29, 0.717) is 12.6 Å². The van der Waals surface area contributed by atoms with E-state index in [-0.39, 0.29) is 6.61 Å². The van der Waals surface area contributed by atoms with Gasteiger partial charge in [-0.1, -0.05) is 55.4 Å². The van der Waals surface area contributed by atoms with Crippen molar-refractivity contribution in [3.05, 3.63) is 42.0 Å². The lowest BCUT2D eigenvalue weighted by Crippen LogP contribution is -2.34. The quantitative estimate of drug-likeness (QED) is 0.566. The lowest BCUT2D eigenvalue weighted by molar-refractivity contribution is 0.0395. The molecule has 4 heteroatoms. The Bertz CT molecular complexity index is 427. The van der Waals surface area contributed by atoms with Gasteiger partial charge in [0.1, 0.15) is 12.7 Å². The summed E-state index contributed by atoms with van der Waals surface area (Å²) in [7, 11) is 0. The highest BCUT2D eigenvalue weighted by Crippen LogP contribution is 2.01. The second kappa shape index (κ2) is 9.28. The molecule has 1 unspecified atom stereocenters. The maximum Gasteiger partial charge on any atom is 0.144 e. The smallest absolute Gasteiger partial charge is 0.144 e. The maximum atomic E-state index is 9.64. The Kier molecular flexibility index (Phi) is 7.62. The van der Waals surface area contributed by atoms with Crippen molar-refractivity contribution in [2.45, 2.75) is 32.9 Å². The lowest BCUT2D eigenvalue weighted by atomic mass is 10.2. The van der Waals surface area contributed by atoms with E-state index in [4.69, 9.17) is 4.84 Å². The Labute approximate surface area is 121 Å². The number of hydrogen-bond donors (Lipinski definition) is 2. The van der Waals surface area contributed by atoms with E-state index in [2.05, 4.69) is 10.5 Å². The highest BCUT2D eigenvalue weighted by Gasteiger charge is 2.04. The first kappa shape index (κ1) is 16.4. The predicted octanol–water partition coefficient (Wildman–Crippen LogP) is 2.45. The van der Waals surface area contributed by atoms with Crippen molar-refractivity contribution in [3.8, 4) is 0 Å². The van der Waals surface area contributed by atoms with Crippen molar-refractivity contribution in [1.29, 1.82) is 0 Å². The fourth-order valence-electron chi connectivity index (χ4n) is 1.47. The molecule has 0 radical (unpaired) electrons. The number of oxime groups is 1. The number of allylic oxidation sites excluding steroid dienone is 1. The molecular formula is C16H24N2O2. The fourth-order valence-corrected chi connectivity index (χ4v) is 1.47. The summed E-state index contributed by atoms with van der Waals surface area (Å²) in [5.41, 5.74) is 1.88. The zero-order valence-electron chi connectivity index (χ0n) is 12.4. The Hall–Kier alpha value is -1.65. The first-order valence-corrected chi connectivity index (χ1v) is 6.89. The van der Waals surface area contributed by atoms with Gasteiger partial charge in [0.2, 0.25) is 0 Å². The van der Waals surface area contributed by atoms with Crippen LogP contribution in [0.3, 0.4) is 0 Å². The minimum atomic E-state index is -0.549. The predicted molar refractivity (Wildman–Crippen MR) is 83.7 cm³/mol. The third-order valence-electron chi connectivity index (χ3n) is 2.55. The van der Waals surface area contributed by atoms with Crippen LogP contribution in [0.25, 0.3) is 6.08 Å². The number of rotatable bonds is 8. The molecule has 0 saturated carbocycles. The second-order valence-corrected chi connectivity index (χ2v) is 4.99. The van der Waals surface area contributed by atoms with E-state index in [1.807, 2.05) is 63.3 Å². The van der Waals surface area contributed by atoms with Crippen molar-refractivity contribution in [2.24, 2.45) is 5.16 Å². The second-order valence-electron chi connectivity index (χ2n) is 4.99. The number of nitrogens with zero attached hydrogens (tertiary/aromatic N) is 1. The van der Waals surface area contributed by atoms with Crippen LogP contribution in [0, 0.1) is 0 Å². The van der Waals surface area contributed by atoms with Gasteiger partial charge in [0.05, 0.1) is 5.71 Å². The normalized spacial score (nSPS) is 13.9. The molecule has 0 fully saturated rings. The molecule has 1 rings (SSSR count). The molecule has 0 aliphatic rings. The fraction of sp³-hybridized carbons (Fsp3) is 0.438. The number of benzene rings is 1. The number of aliphatic hydroxyl groups excluding tert-OH is 1. The minimum Gasteiger partial charge on any atom is -0.393 e. The van der Waals surface area contributed by atoms with E-state index in [1.54, 1.807) is 0 Å². The summed E-state index contributed by atoms with van der Waals surface area (Å²) in [5.74, 6) is 0. The molecule has 0 aliphatic carbocycles. The highest BCUT2D eigenvalue weighted by atomic mass is 16.6. The lowest BCUT2D eigenvalue weighted by Gasteiger charge is -2.12. The van der Waals surface area contributed by atoms with E-state index < -0.39 is 6.10 Å². The Morgan fingerprint density at radius 2 is 2.05 bits per heavy atom. The molecule has 0 aliphatic heterocycles. The molecule has 0 bridgehead atoms. The van der Waals surface area contributed by atoms with Gasteiger partial charge in [-0.3, -0.25) is 0 Å². The van der Waals surface area contributed by atoms with Gasteiger partial charge in [0.25, 0.3) is 0 Å². The summed E-state index contributed by atoms with van der Waals surface area (Å²) < 4.78 is 0. The van der Waals surface area contributed by atoms with Crippen LogP contribution in [0.15, 0.2) is 41.6 Å². The number of aliphatic hydroxyl groups is 1. The van der Waals surface area contributed by atoms with Gasteiger partial charge < -0.3 is 15.3 Å². The summed E-state index contributed by atoms with van der Waals surface area (Å²) in [6.45, 7) is 6.62. The third kappa shape index (κ3) is 7.71. The standard InChI is InChI=1S/C16H24N2O2/c1-13(2)17-11-16(19)12-20-18-14(3)9-10-15-7-5-4-6-8-15/h4-10,13,16-17,19H,11-12H2,1-3H3/b10-9+,18-14+. The molecular weight excluding hydrogens is 252 g/mol. The van der Waals surface area contributed by atoms with Gasteiger partial charge in [-0.05, 0) is 18.6 Å². The summed E-state index contributed by atoms with van der Waals surface area (Å²) in [5, 5.41) is 16.7. The largest absolute Gasteiger partial charge is 0.393 e. The van der Waals surface area contributed by atoms with Crippen LogP contribution in [-0.2, 0) is 4.84 Å². The summed E-state index contributed by atoms with van der Waals surface area (Å²) >= 11 is 0. The molecule has 1 atom stereocenters. The van der Waals surface area contributed by atoms with Crippen molar-refractivity contribution in [2.75, 3.05) is 13.2 Å². The van der Waals surface area contributed by atoms with Crippen molar-refractivity contribution in [3.63, 3.8) is 0 Å². The SMILES string of the molecule is CC(/C=C/c1ccccc1)=N\OCC(O)CNC(C)C. The van der Waals surface area contributed by atoms with Crippen LogP contribution in [0.1, 0.15) is 26.3 Å². The van der Waals surface area contributed by atoms with Gasteiger partial charge in [-0.15, -0.1) is 0 Å². The van der Waals surface area contributed by atoms with Crippen LogP contribution in [0.5, 0.6) is 0 Å². The van der Waals surface area contributed by atoms with Crippen LogP contribution in [0.2, 0.25) is 0 Å². The molecule has 1 aromatic rings. The average molecular weight is 276 g/mol. The Morgan fingerprint density at radius 3 is 2.70 bits per heavy atom. The first-order chi connectivity index (χ1) is 9.58. The van der Waals surface area contributed by atoms with Crippen LogP contribution < -0.4 is 5.32 Å². The molecule has 1 aromatic carbocycles. The molecule has 110 valence electrons. The van der Waals surface area contributed by atoms with Crippen molar-refractivity contribution in [1.82, 2.24) is 5.32 Å². The summed E-state index contributed by atoms with van der Waals surface area (Å²) in [4.78, 5) is 5.12. The molecule has 0 saturated heterocycles. The molecule has 0 aromatic heterocycles. The van der Waals surface area contributed by atoms with Gasteiger partial charge in [0, 0.05) is 12.6 Å².